The van der Waals surface area contributed by atoms with E-state index >= 15 is 0 Å². The zero-order chi connectivity index (χ0) is 19.0. The van der Waals surface area contributed by atoms with Gasteiger partial charge in [0, 0.05) is 19.8 Å². The van der Waals surface area contributed by atoms with E-state index < -0.39 is 28.6 Å². The van der Waals surface area contributed by atoms with E-state index in [9.17, 15) is 22.8 Å². The predicted octanol–water partition coefficient (Wildman–Crippen LogP) is 2.42. The smallest absolute Gasteiger partial charge is 0.382 e. The lowest BCUT2D eigenvalue weighted by molar-refractivity contribution is -0.137. The van der Waals surface area contributed by atoms with Crippen LogP contribution >= 0.6 is 11.6 Å². The van der Waals surface area contributed by atoms with Gasteiger partial charge in [0.1, 0.15) is 6.61 Å². The number of amides is 2. The van der Waals surface area contributed by atoms with Gasteiger partial charge in [-0.2, -0.15) is 13.2 Å². The molecule has 1 aromatic rings. The van der Waals surface area contributed by atoms with Crippen molar-refractivity contribution >= 4 is 29.1 Å². The van der Waals surface area contributed by atoms with Gasteiger partial charge in [0.2, 0.25) is 11.8 Å². The summed E-state index contributed by atoms with van der Waals surface area (Å²) >= 11 is 5.51. The van der Waals surface area contributed by atoms with Gasteiger partial charge in [0.15, 0.2) is 0 Å². The lowest BCUT2D eigenvalue weighted by atomic mass is 10.2. The van der Waals surface area contributed by atoms with Gasteiger partial charge in [-0.3, -0.25) is 9.59 Å². The number of anilines is 1. The number of hydrogen-bond donors (Lipinski definition) is 1. The maximum Gasteiger partial charge on any atom is 0.417 e. The molecule has 0 unspecified atom stereocenters. The summed E-state index contributed by atoms with van der Waals surface area (Å²) in [7, 11) is 2.87. The Kier molecular flexibility index (Phi) is 8.14. The van der Waals surface area contributed by atoms with Crippen molar-refractivity contribution in [2.75, 3.05) is 45.8 Å². The van der Waals surface area contributed by atoms with Crippen LogP contribution in [0.4, 0.5) is 18.9 Å². The molecule has 0 radical (unpaired) electrons. The van der Waals surface area contributed by atoms with Crippen LogP contribution in [0.25, 0.3) is 0 Å². The molecule has 6 nitrogen and oxygen atoms in total. The monoisotopic (exact) mass is 382 g/mol. The van der Waals surface area contributed by atoms with Gasteiger partial charge >= 0.3 is 6.18 Å². The standard InChI is InChI=1S/C15H18ClF3N2O4/c1-21(14(23)9-25-6-5-24-2)8-13(22)20-10-3-4-12(16)11(7-10)15(17,18)19/h3-4,7H,5-6,8-9H2,1-2H3,(H,20,22). The van der Waals surface area contributed by atoms with E-state index in [2.05, 4.69) is 5.32 Å². The highest BCUT2D eigenvalue weighted by Crippen LogP contribution is 2.36. The second-order valence-electron chi connectivity index (χ2n) is 5.04. The topological polar surface area (TPSA) is 67.9 Å². The highest BCUT2D eigenvalue weighted by molar-refractivity contribution is 6.31. The van der Waals surface area contributed by atoms with Crippen molar-refractivity contribution < 1.29 is 32.2 Å². The second-order valence-corrected chi connectivity index (χ2v) is 5.44. The number of ether oxygens (including phenoxy) is 2. The molecule has 140 valence electrons. The van der Waals surface area contributed by atoms with Gasteiger partial charge in [-0.05, 0) is 18.2 Å². The fourth-order valence-electron chi connectivity index (χ4n) is 1.74. The van der Waals surface area contributed by atoms with Crippen LogP contribution in [0.2, 0.25) is 5.02 Å². The molecule has 0 saturated carbocycles. The number of nitrogens with zero attached hydrogens (tertiary/aromatic N) is 1. The Bertz CT molecular complexity index is 611. The first kappa shape index (κ1) is 21.2. The average Bonchev–Trinajstić information content (AvgIpc) is 2.52. The summed E-state index contributed by atoms with van der Waals surface area (Å²) < 4.78 is 48.1. The lowest BCUT2D eigenvalue weighted by Crippen LogP contribution is -2.37. The van der Waals surface area contributed by atoms with Crippen molar-refractivity contribution in [3.8, 4) is 0 Å². The Labute approximate surface area is 147 Å². The van der Waals surface area contributed by atoms with Crippen LogP contribution < -0.4 is 5.32 Å². The van der Waals surface area contributed by atoms with Crippen LogP contribution in [0.3, 0.4) is 0 Å². The number of hydrogen-bond acceptors (Lipinski definition) is 4. The molecular formula is C15H18ClF3N2O4. The third-order valence-electron chi connectivity index (χ3n) is 3.02. The fourth-order valence-corrected chi connectivity index (χ4v) is 1.96. The Balaban J connectivity index is 2.58. The molecule has 0 heterocycles. The van der Waals surface area contributed by atoms with Crippen molar-refractivity contribution in [3.05, 3.63) is 28.8 Å². The number of methoxy groups -OCH3 is 1. The van der Waals surface area contributed by atoms with Crippen molar-refractivity contribution in [2.24, 2.45) is 0 Å². The molecule has 0 aliphatic rings. The van der Waals surface area contributed by atoms with Gasteiger partial charge in [-0.1, -0.05) is 11.6 Å². The molecule has 25 heavy (non-hydrogen) atoms. The number of halogens is 4. The van der Waals surface area contributed by atoms with Crippen LogP contribution in [0.5, 0.6) is 0 Å². The molecule has 10 heteroatoms. The van der Waals surface area contributed by atoms with E-state index in [0.717, 1.165) is 17.0 Å². The molecular weight excluding hydrogens is 365 g/mol. The molecule has 0 fully saturated rings. The van der Waals surface area contributed by atoms with Gasteiger partial charge in [-0.15, -0.1) is 0 Å². The van der Waals surface area contributed by atoms with Gasteiger partial charge in [-0.25, -0.2) is 0 Å². The molecule has 0 bridgehead atoms. The molecule has 0 saturated heterocycles. The largest absolute Gasteiger partial charge is 0.417 e. The quantitative estimate of drug-likeness (QED) is 0.701. The van der Waals surface area contributed by atoms with E-state index in [1.807, 2.05) is 0 Å². The number of likely N-dealkylation sites (N-methyl/N-ethyl adjacent to an activating group) is 1. The Morgan fingerprint density at radius 1 is 1.28 bits per heavy atom. The molecule has 1 rings (SSSR count). The van der Waals surface area contributed by atoms with Crippen LogP contribution in [0.1, 0.15) is 5.56 Å². The number of benzene rings is 1. The first-order chi connectivity index (χ1) is 11.6. The third-order valence-corrected chi connectivity index (χ3v) is 3.35. The minimum atomic E-state index is -4.63. The van der Waals surface area contributed by atoms with E-state index in [-0.39, 0.29) is 25.4 Å². The summed E-state index contributed by atoms with van der Waals surface area (Å²) in [6.07, 6.45) is -4.63. The van der Waals surface area contributed by atoms with Crippen molar-refractivity contribution in [1.29, 1.82) is 0 Å². The van der Waals surface area contributed by atoms with E-state index in [1.54, 1.807) is 0 Å². The van der Waals surface area contributed by atoms with Crippen molar-refractivity contribution in [1.82, 2.24) is 4.90 Å². The highest BCUT2D eigenvalue weighted by Gasteiger charge is 2.33. The Hall–Kier alpha value is -1.84. The first-order valence-electron chi connectivity index (χ1n) is 7.12. The third kappa shape index (κ3) is 7.29. The number of carbonyl (C=O) groups is 2. The maximum absolute atomic E-state index is 12.8. The summed E-state index contributed by atoms with van der Waals surface area (Å²) in [5.74, 6) is -1.10. The minimum absolute atomic E-state index is 0.0704. The Morgan fingerprint density at radius 2 is 1.96 bits per heavy atom. The number of nitrogens with one attached hydrogen (secondary N) is 1. The van der Waals surface area contributed by atoms with Crippen LogP contribution in [0, 0.1) is 0 Å². The molecule has 0 atom stereocenters. The molecule has 0 aliphatic carbocycles. The summed E-state index contributed by atoms with van der Waals surface area (Å²) in [5, 5.41) is 1.82. The molecule has 2 amide bonds. The molecule has 0 aromatic heterocycles. The summed E-state index contributed by atoms with van der Waals surface area (Å²) in [6, 6.07) is 3.01. The molecule has 0 aliphatic heterocycles. The lowest BCUT2D eigenvalue weighted by Gasteiger charge is -2.17. The molecule has 0 spiro atoms. The summed E-state index contributed by atoms with van der Waals surface area (Å²) in [4.78, 5) is 24.7. The minimum Gasteiger partial charge on any atom is -0.382 e. The van der Waals surface area contributed by atoms with Crippen LogP contribution in [-0.4, -0.2) is 57.2 Å². The average molecular weight is 383 g/mol. The van der Waals surface area contributed by atoms with E-state index in [1.165, 1.54) is 20.2 Å². The number of alkyl halides is 3. The normalized spacial score (nSPS) is 11.3. The first-order valence-corrected chi connectivity index (χ1v) is 7.50. The fraction of sp³-hybridized carbons (Fsp3) is 0.467. The molecule has 1 N–H and O–H groups in total. The van der Waals surface area contributed by atoms with Crippen molar-refractivity contribution in [3.63, 3.8) is 0 Å². The van der Waals surface area contributed by atoms with E-state index in [0.29, 0.717) is 6.61 Å². The van der Waals surface area contributed by atoms with Crippen LogP contribution in [0.15, 0.2) is 18.2 Å². The predicted molar refractivity (Wildman–Crippen MR) is 85.4 cm³/mol. The SMILES string of the molecule is COCCOCC(=O)N(C)CC(=O)Nc1ccc(Cl)c(C(F)(F)F)c1. The van der Waals surface area contributed by atoms with Crippen molar-refractivity contribution in [2.45, 2.75) is 6.18 Å². The van der Waals surface area contributed by atoms with Gasteiger partial charge in [0.25, 0.3) is 0 Å². The van der Waals surface area contributed by atoms with Gasteiger partial charge < -0.3 is 19.7 Å². The molecule has 1 aromatic carbocycles. The number of carbonyl (C=O) groups excluding carboxylic acids is 2. The number of rotatable bonds is 8. The van der Waals surface area contributed by atoms with Crippen LogP contribution in [-0.2, 0) is 25.2 Å². The summed E-state index contributed by atoms with van der Waals surface area (Å²) in [6.45, 7) is -0.00832. The van der Waals surface area contributed by atoms with E-state index in [4.69, 9.17) is 21.1 Å². The summed E-state index contributed by atoms with van der Waals surface area (Å²) in [5.41, 5.74) is -1.12. The maximum atomic E-state index is 12.8. The Morgan fingerprint density at radius 3 is 2.56 bits per heavy atom. The zero-order valence-corrected chi connectivity index (χ0v) is 14.4. The second kappa shape index (κ2) is 9.59. The van der Waals surface area contributed by atoms with Gasteiger partial charge in [0.05, 0.1) is 30.3 Å². The highest BCUT2D eigenvalue weighted by atomic mass is 35.5. The zero-order valence-electron chi connectivity index (χ0n) is 13.7.